The summed E-state index contributed by atoms with van der Waals surface area (Å²) in [5.74, 6) is 1.23. The highest BCUT2D eigenvalue weighted by Gasteiger charge is 2.09. The molecule has 0 radical (unpaired) electrons. The maximum Gasteiger partial charge on any atom is 0.161 e. The van der Waals surface area contributed by atoms with Crippen LogP contribution >= 0.6 is 0 Å². The molecule has 0 saturated heterocycles. The molecular weight excluding hydrogens is 300 g/mol. The van der Waals surface area contributed by atoms with Crippen LogP contribution in [0.15, 0.2) is 54.7 Å². The van der Waals surface area contributed by atoms with Crippen molar-refractivity contribution in [3.05, 3.63) is 65.9 Å². The molecule has 0 amide bonds. The molecule has 0 saturated carbocycles. The fourth-order valence-electron chi connectivity index (χ4n) is 2.58. The molecule has 0 atom stereocenters. The molecule has 3 rings (SSSR count). The number of hydrogen-bond acceptors (Lipinski definition) is 4. The summed E-state index contributed by atoms with van der Waals surface area (Å²) < 4.78 is 10.6. The zero-order chi connectivity index (χ0) is 16.9. The molecule has 2 aromatic carbocycles. The van der Waals surface area contributed by atoms with Crippen LogP contribution < -0.4 is 9.47 Å². The van der Waals surface area contributed by atoms with E-state index >= 15 is 0 Å². The largest absolute Gasteiger partial charge is 0.493 e. The summed E-state index contributed by atoms with van der Waals surface area (Å²) in [5.41, 5.74) is 3.17. The minimum Gasteiger partial charge on any atom is -0.493 e. The quantitative estimate of drug-likeness (QED) is 0.673. The van der Waals surface area contributed by atoms with Crippen LogP contribution in [0.2, 0.25) is 0 Å². The number of aromatic nitrogens is 1. The number of methoxy groups -OCH3 is 2. The van der Waals surface area contributed by atoms with Crippen molar-refractivity contribution in [2.24, 2.45) is 0 Å². The Morgan fingerprint density at radius 2 is 1.83 bits per heavy atom. The summed E-state index contributed by atoms with van der Waals surface area (Å²) in [4.78, 5) is 4.35. The second-order valence-corrected chi connectivity index (χ2v) is 5.16. The Hall–Kier alpha value is -3.32. The van der Waals surface area contributed by atoms with Crippen molar-refractivity contribution in [1.29, 1.82) is 5.26 Å². The van der Waals surface area contributed by atoms with Crippen molar-refractivity contribution in [2.75, 3.05) is 14.2 Å². The van der Waals surface area contributed by atoms with E-state index in [1.54, 1.807) is 32.5 Å². The Morgan fingerprint density at radius 3 is 2.58 bits per heavy atom. The molecule has 0 aliphatic heterocycles. The van der Waals surface area contributed by atoms with Crippen LogP contribution in [0.5, 0.6) is 11.5 Å². The van der Waals surface area contributed by atoms with Gasteiger partial charge in [-0.3, -0.25) is 4.98 Å². The Bertz CT molecular complexity index is 950. The van der Waals surface area contributed by atoms with Crippen molar-refractivity contribution < 1.29 is 9.47 Å². The van der Waals surface area contributed by atoms with E-state index in [0.717, 1.165) is 22.0 Å². The van der Waals surface area contributed by atoms with Gasteiger partial charge in [-0.05, 0) is 47.5 Å². The van der Waals surface area contributed by atoms with E-state index in [1.165, 1.54) is 0 Å². The van der Waals surface area contributed by atoms with Gasteiger partial charge in [0.2, 0.25) is 0 Å². The highest BCUT2D eigenvalue weighted by atomic mass is 16.5. The van der Waals surface area contributed by atoms with Gasteiger partial charge in [0, 0.05) is 11.6 Å². The average molecular weight is 316 g/mol. The van der Waals surface area contributed by atoms with Gasteiger partial charge >= 0.3 is 0 Å². The van der Waals surface area contributed by atoms with E-state index in [1.807, 2.05) is 42.5 Å². The number of benzene rings is 2. The molecular formula is C20H16N2O2. The maximum absolute atomic E-state index is 9.60. The third-order valence-electron chi connectivity index (χ3n) is 3.80. The minimum absolute atomic E-state index is 0.548. The number of nitrogens with zero attached hydrogens (tertiary/aromatic N) is 2. The van der Waals surface area contributed by atoms with Gasteiger partial charge in [-0.25, -0.2) is 0 Å². The number of pyridine rings is 1. The van der Waals surface area contributed by atoms with E-state index in [0.29, 0.717) is 17.1 Å². The van der Waals surface area contributed by atoms with Crippen LogP contribution in [0.25, 0.3) is 22.6 Å². The number of ether oxygens (including phenoxy) is 2. The molecule has 0 fully saturated rings. The van der Waals surface area contributed by atoms with Crippen LogP contribution in [-0.2, 0) is 0 Å². The van der Waals surface area contributed by atoms with E-state index in [2.05, 4.69) is 11.1 Å². The molecule has 0 spiro atoms. The van der Waals surface area contributed by atoms with Gasteiger partial charge in [-0.1, -0.05) is 18.2 Å². The lowest BCUT2D eigenvalue weighted by atomic mass is 10.0. The molecule has 3 aromatic rings. The van der Waals surface area contributed by atoms with Crippen LogP contribution in [0.4, 0.5) is 0 Å². The monoisotopic (exact) mass is 316 g/mol. The predicted octanol–water partition coefficient (Wildman–Crippen LogP) is 4.32. The van der Waals surface area contributed by atoms with E-state index < -0.39 is 0 Å². The highest BCUT2D eigenvalue weighted by molar-refractivity contribution is 5.97. The standard InChI is InChI=1S/C20H16N2O2/c1-23-19-8-7-14(12-20(19)24-2)16(13-21)11-15-9-10-22-18-6-4-3-5-17(15)18/h3-12H,1-2H3/b16-11+. The number of para-hydroxylation sites is 1. The third-order valence-corrected chi connectivity index (χ3v) is 3.80. The average Bonchev–Trinajstić information content (AvgIpc) is 2.65. The van der Waals surface area contributed by atoms with Crippen molar-refractivity contribution >= 4 is 22.6 Å². The number of fused-ring (bicyclic) bond motifs is 1. The number of nitriles is 1. The van der Waals surface area contributed by atoms with Gasteiger partial charge in [-0.2, -0.15) is 5.26 Å². The fourth-order valence-corrected chi connectivity index (χ4v) is 2.58. The van der Waals surface area contributed by atoms with Crippen LogP contribution in [0, 0.1) is 11.3 Å². The normalized spacial score (nSPS) is 11.1. The van der Waals surface area contributed by atoms with Gasteiger partial charge in [0.05, 0.1) is 31.4 Å². The van der Waals surface area contributed by atoms with Crippen LogP contribution in [-0.4, -0.2) is 19.2 Å². The van der Waals surface area contributed by atoms with E-state index in [4.69, 9.17) is 9.47 Å². The first kappa shape index (κ1) is 15.6. The number of allylic oxidation sites excluding steroid dienone is 1. The molecule has 0 bridgehead atoms. The summed E-state index contributed by atoms with van der Waals surface area (Å²) in [6.07, 6.45) is 3.61. The lowest BCUT2D eigenvalue weighted by molar-refractivity contribution is 0.355. The molecule has 4 nitrogen and oxygen atoms in total. The minimum atomic E-state index is 0.548. The van der Waals surface area contributed by atoms with E-state index in [9.17, 15) is 5.26 Å². The molecule has 1 heterocycles. The van der Waals surface area contributed by atoms with Crippen LogP contribution in [0.3, 0.4) is 0 Å². The molecule has 0 N–H and O–H groups in total. The highest BCUT2D eigenvalue weighted by Crippen LogP contribution is 2.31. The summed E-state index contributed by atoms with van der Waals surface area (Å²) in [5, 5.41) is 10.6. The Balaban J connectivity index is 2.12. The third kappa shape index (κ3) is 2.92. The van der Waals surface area contributed by atoms with Gasteiger partial charge in [0.25, 0.3) is 0 Å². The Kier molecular flexibility index (Phi) is 4.44. The molecule has 0 unspecified atom stereocenters. The van der Waals surface area contributed by atoms with Crippen molar-refractivity contribution in [3.63, 3.8) is 0 Å². The summed E-state index contributed by atoms with van der Waals surface area (Å²) >= 11 is 0. The summed E-state index contributed by atoms with van der Waals surface area (Å²) in [6.45, 7) is 0. The lowest BCUT2D eigenvalue weighted by Gasteiger charge is -2.09. The van der Waals surface area contributed by atoms with Gasteiger partial charge < -0.3 is 9.47 Å². The van der Waals surface area contributed by atoms with Gasteiger partial charge in [-0.15, -0.1) is 0 Å². The van der Waals surface area contributed by atoms with E-state index in [-0.39, 0.29) is 0 Å². The van der Waals surface area contributed by atoms with Crippen molar-refractivity contribution in [2.45, 2.75) is 0 Å². The Morgan fingerprint density at radius 1 is 1.04 bits per heavy atom. The second-order valence-electron chi connectivity index (χ2n) is 5.16. The first-order valence-electron chi connectivity index (χ1n) is 7.44. The summed E-state index contributed by atoms with van der Waals surface area (Å²) in [6, 6.07) is 17.5. The van der Waals surface area contributed by atoms with Gasteiger partial charge in [0.15, 0.2) is 11.5 Å². The first-order valence-corrected chi connectivity index (χ1v) is 7.44. The van der Waals surface area contributed by atoms with Crippen molar-refractivity contribution in [1.82, 2.24) is 4.98 Å². The molecule has 0 aliphatic carbocycles. The van der Waals surface area contributed by atoms with Gasteiger partial charge in [0.1, 0.15) is 0 Å². The number of hydrogen-bond donors (Lipinski definition) is 0. The molecule has 24 heavy (non-hydrogen) atoms. The summed E-state index contributed by atoms with van der Waals surface area (Å²) in [7, 11) is 3.16. The zero-order valence-electron chi connectivity index (χ0n) is 13.5. The number of rotatable bonds is 4. The molecule has 4 heteroatoms. The molecule has 1 aromatic heterocycles. The zero-order valence-corrected chi connectivity index (χ0v) is 13.5. The topological polar surface area (TPSA) is 55.1 Å². The maximum atomic E-state index is 9.60. The molecule has 118 valence electrons. The van der Waals surface area contributed by atoms with Crippen molar-refractivity contribution in [3.8, 4) is 17.6 Å². The first-order chi connectivity index (χ1) is 11.8. The predicted molar refractivity (Wildman–Crippen MR) is 94.8 cm³/mol. The molecule has 0 aliphatic rings. The Labute approximate surface area is 140 Å². The lowest BCUT2D eigenvalue weighted by Crippen LogP contribution is -1.92. The second kappa shape index (κ2) is 6.84. The SMILES string of the molecule is COc1ccc(/C(C#N)=C/c2ccnc3ccccc23)cc1OC. The smallest absolute Gasteiger partial charge is 0.161 e. The fraction of sp³-hybridized carbons (Fsp3) is 0.100. The van der Waals surface area contributed by atoms with Crippen LogP contribution in [0.1, 0.15) is 11.1 Å².